The molecule has 0 bridgehead atoms. The van der Waals surface area contributed by atoms with E-state index < -0.39 is 0 Å². The number of rotatable bonds is 3. The summed E-state index contributed by atoms with van der Waals surface area (Å²) in [7, 11) is 0. The number of hydrogen-bond donors (Lipinski definition) is 1. The molecule has 0 radical (unpaired) electrons. The lowest BCUT2D eigenvalue weighted by Gasteiger charge is -1.99. The quantitative estimate of drug-likeness (QED) is 0.657. The van der Waals surface area contributed by atoms with Gasteiger partial charge < -0.3 is 9.73 Å². The molecular weight excluding hydrogens is 347 g/mol. The molecule has 1 N–H and O–H groups in total. The number of benzene rings is 2. The van der Waals surface area contributed by atoms with E-state index in [9.17, 15) is 0 Å². The number of nitrogens with zero attached hydrogens (tertiary/aromatic N) is 3. The van der Waals surface area contributed by atoms with Crippen LogP contribution in [0, 0.1) is 22.7 Å². The molecule has 3 rings (SSSR count). The third-order valence-corrected chi connectivity index (χ3v) is 3.72. The normalized spacial score (nSPS) is 10.0. The molecule has 116 valence electrons. The van der Waals surface area contributed by atoms with Crippen molar-refractivity contribution in [2.24, 2.45) is 0 Å². The lowest BCUT2D eigenvalue weighted by Crippen LogP contribution is -1.89. The second-order valence-electron chi connectivity index (χ2n) is 4.75. The Morgan fingerprint density at radius 1 is 1.12 bits per heavy atom. The fourth-order valence-corrected chi connectivity index (χ4v) is 2.53. The molecule has 0 unspecified atom stereocenters. The van der Waals surface area contributed by atoms with Gasteiger partial charge in [0, 0.05) is 16.9 Å². The van der Waals surface area contributed by atoms with Crippen molar-refractivity contribution in [2.45, 2.75) is 0 Å². The van der Waals surface area contributed by atoms with E-state index in [2.05, 4.69) is 10.3 Å². The van der Waals surface area contributed by atoms with Gasteiger partial charge in [-0.05, 0) is 36.4 Å². The van der Waals surface area contributed by atoms with E-state index in [0.29, 0.717) is 38.3 Å². The molecule has 0 spiro atoms. The minimum atomic E-state index is -0.0242. The lowest BCUT2D eigenvalue weighted by atomic mass is 10.2. The van der Waals surface area contributed by atoms with E-state index in [1.54, 1.807) is 48.5 Å². The van der Waals surface area contributed by atoms with Crippen LogP contribution >= 0.6 is 23.2 Å². The molecule has 3 aromatic rings. The molecule has 1 aromatic heterocycles. The highest BCUT2D eigenvalue weighted by Gasteiger charge is 2.12. The van der Waals surface area contributed by atoms with Crippen molar-refractivity contribution >= 4 is 40.0 Å². The first-order valence-corrected chi connectivity index (χ1v) is 7.49. The molecule has 0 amide bonds. The molecule has 0 fully saturated rings. The summed E-state index contributed by atoms with van der Waals surface area (Å²) in [5, 5.41) is 21.3. The van der Waals surface area contributed by atoms with Crippen molar-refractivity contribution in [3.63, 3.8) is 0 Å². The summed E-state index contributed by atoms with van der Waals surface area (Å²) in [6, 6.07) is 13.9. The predicted octanol–water partition coefficient (Wildman–Crippen LogP) is 5.14. The van der Waals surface area contributed by atoms with Crippen LogP contribution in [0.1, 0.15) is 0 Å². The van der Waals surface area contributed by atoms with Crippen molar-refractivity contribution in [2.75, 3.05) is 5.32 Å². The van der Waals surface area contributed by atoms with Gasteiger partial charge in [0.1, 0.15) is 23.2 Å². The van der Waals surface area contributed by atoms with Crippen LogP contribution in [0.25, 0.3) is 22.6 Å². The van der Waals surface area contributed by atoms with Crippen LogP contribution in [0.2, 0.25) is 10.0 Å². The Hall–Kier alpha value is -2.99. The highest BCUT2D eigenvalue weighted by molar-refractivity contribution is 6.36. The number of hydrogen-bond acceptors (Lipinski definition) is 5. The van der Waals surface area contributed by atoms with Crippen molar-refractivity contribution in [1.29, 1.82) is 10.5 Å². The van der Waals surface area contributed by atoms with Gasteiger partial charge in [-0.1, -0.05) is 23.2 Å². The number of nitriles is 2. The van der Waals surface area contributed by atoms with Crippen LogP contribution in [-0.2, 0) is 0 Å². The fraction of sp³-hybridized carbons (Fsp3) is 0. The molecule has 0 aliphatic rings. The van der Waals surface area contributed by atoms with Gasteiger partial charge >= 0.3 is 0 Å². The van der Waals surface area contributed by atoms with E-state index >= 15 is 0 Å². The van der Waals surface area contributed by atoms with Gasteiger partial charge in [-0.25, -0.2) is 4.98 Å². The Balaban J connectivity index is 1.96. The second-order valence-corrected chi connectivity index (χ2v) is 5.60. The van der Waals surface area contributed by atoms with Gasteiger partial charge in [0.25, 0.3) is 0 Å². The number of anilines is 1. The third-order valence-electron chi connectivity index (χ3n) is 3.17. The summed E-state index contributed by atoms with van der Waals surface area (Å²) in [5.41, 5.74) is 2.50. The minimum Gasteiger partial charge on any atom is -0.436 e. The third kappa shape index (κ3) is 3.18. The summed E-state index contributed by atoms with van der Waals surface area (Å²) < 4.78 is 5.71. The van der Waals surface area contributed by atoms with Gasteiger partial charge in [-0.15, -0.1) is 0 Å². The van der Waals surface area contributed by atoms with Crippen LogP contribution in [0.15, 0.2) is 52.6 Å². The molecule has 7 heteroatoms. The van der Waals surface area contributed by atoms with E-state index in [1.807, 2.05) is 0 Å². The maximum Gasteiger partial charge on any atom is 0.228 e. The lowest BCUT2D eigenvalue weighted by molar-refractivity contribution is 0.620. The van der Waals surface area contributed by atoms with Gasteiger partial charge in [-0.3, -0.25) is 0 Å². The summed E-state index contributed by atoms with van der Waals surface area (Å²) in [6.45, 7) is 0. The van der Waals surface area contributed by atoms with Gasteiger partial charge in [-0.2, -0.15) is 10.5 Å². The monoisotopic (exact) mass is 354 g/mol. The number of oxazole rings is 1. The smallest absolute Gasteiger partial charge is 0.228 e. The Morgan fingerprint density at radius 2 is 1.92 bits per heavy atom. The van der Waals surface area contributed by atoms with Crippen molar-refractivity contribution in [3.05, 3.63) is 58.2 Å². The van der Waals surface area contributed by atoms with Crippen LogP contribution in [0.3, 0.4) is 0 Å². The summed E-state index contributed by atoms with van der Waals surface area (Å²) >= 11 is 12.1. The zero-order valence-corrected chi connectivity index (χ0v) is 13.6. The van der Waals surface area contributed by atoms with Crippen LogP contribution in [-0.4, -0.2) is 4.98 Å². The van der Waals surface area contributed by atoms with Crippen LogP contribution in [0.5, 0.6) is 0 Å². The molecular formula is C17H8Cl2N4O. The zero-order chi connectivity index (χ0) is 17.1. The molecule has 0 aliphatic heterocycles. The molecule has 24 heavy (non-hydrogen) atoms. The average Bonchev–Trinajstić information content (AvgIpc) is 2.98. The highest BCUT2D eigenvalue weighted by atomic mass is 35.5. The number of allylic oxidation sites excluding steroid dienone is 1. The molecule has 0 saturated heterocycles. The standard InChI is InChI=1S/C17H8Cl2N4O/c18-11-1-3-13(14(19)5-11)17-23-15-6-12(2-4-16(15)24-17)22-9-10(7-20)8-21/h1-6,9,22H. The Morgan fingerprint density at radius 3 is 2.62 bits per heavy atom. The Kier molecular flexibility index (Phi) is 4.39. The fourth-order valence-electron chi connectivity index (χ4n) is 2.04. The summed E-state index contributed by atoms with van der Waals surface area (Å²) in [6.07, 6.45) is 1.33. The first kappa shape index (κ1) is 15.9. The molecule has 1 heterocycles. The van der Waals surface area contributed by atoms with E-state index in [1.165, 1.54) is 6.20 Å². The number of aromatic nitrogens is 1. The molecule has 0 atom stereocenters. The molecule has 0 saturated carbocycles. The zero-order valence-electron chi connectivity index (χ0n) is 12.0. The van der Waals surface area contributed by atoms with Gasteiger partial charge in [0.2, 0.25) is 5.89 Å². The van der Waals surface area contributed by atoms with E-state index in [0.717, 1.165) is 0 Å². The van der Waals surface area contributed by atoms with E-state index in [4.69, 9.17) is 38.1 Å². The Labute approximate surface area is 147 Å². The average molecular weight is 355 g/mol. The number of halogens is 2. The minimum absolute atomic E-state index is 0.0242. The molecule has 5 nitrogen and oxygen atoms in total. The van der Waals surface area contributed by atoms with Gasteiger partial charge in [0.05, 0.1) is 10.6 Å². The maximum atomic E-state index is 8.72. The number of nitrogens with one attached hydrogen (secondary N) is 1. The Bertz CT molecular complexity index is 1020. The number of fused-ring (bicyclic) bond motifs is 1. The van der Waals surface area contributed by atoms with Crippen molar-refractivity contribution < 1.29 is 4.42 Å². The predicted molar refractivity (Wildman–Crippen MR) is 92.4 cm³/mol. The maximum absolute atomic E-state index is 8.72. The van der Waals surface area contributed by atoms with Crippen LogP contribution in [0.4, 0.5) is 5.69 Å². The second kappa shape index (κ2) is 6.64. The largest absolute Gasteiger partial charge is 0.436 e. The van der Waals surface area contributed by atoms with Crippen molar-refractivity contribution in [1.82, 2.24) is 4.98 Å². The van der Waals surface area contributed by atoms with Crippen LogP contribution < -0.4 is 5.32 Å². The SMILES string of the molecule is N#CC(C#N)=CNc1ccc2oc(-c3ccc(Cl)cc3Cl)nc2c1. The van der Waals surface area contributed by atoms with Gasteiger partial charge in [0.15, 0.2) is 5.58 Å². The summed E-state index contributed by atoms with van der Waals surface area (Å²) in [4.78, 5) is 4.42. The first-order valence-electron chi connectivity index (χ1n) is 6.73. The van der Waals surface area contributed by atoms with Crippen molar-refractivity contribution in [3.8, 4) is 23.6 Å². The van der Waals surface area contributed by atoms with E-state index in [-0.39, 0.29) is 5.57 Å². The topological polar surface area (TPSA) is 85.6 Å². The summed E-state index contributed by atoms with van der Waals surface area (Å²) in [5.74, 6) is 0.383. The highest BCUT2D eigenvalue weighted by Crippen LogP contribution is 2.32. The molecule has 0 aliphatic carbocycles. The molecule has 2 aromatic carbocycles. The first-order chi connectivity index (χ1) is 11.6.